The van der Waals surface area contributed by atoms with Crippen LogP contribution in [0.3, 0.4) is 0 Å². The normalized spacial score (nSPS) is 11.2. The van der Waals surface area contributed by atoms with Gasteiger partial charge in [-0.05, 0) is 18.6 Å². The van der Waals surface area contributed by atoms with Crippen molar-refractivity contribution >= 4 is 17.1 Å². The highest BCUT2D eigenvalue weighted by Crippen LogP contribution is 2.32. The first kappa shape index (κ1) is 15.1. The Morgan fingerprint density at radius 1 is 1.32 bits per heavy atom. The number of nitrogens with one attached hydrogen (secondary N) is 2. The molecule has 0 aromatic heterocycles. The topological polar surface area (TPSA) is 67.2 Å². The van der Waals surface area contributed by atoms with E-state index < -0.39 is 17.5 Å². The van der Waals surface area contributed by atoms with Crippen LogP contribution in [0.4, 0.5) is 30.2 Å². The number of nitro benzene ring substituents is 1. The van der Waals surface area contributed by atoms with Crippen LogP contribution in [-0.2, 0) is 0 Å². The number of anilines is 2. The zero-order valence-electron chi connectivity index (χ0n) is 10.3. The summed E-state index contributed by atoms with van der Waals surface area (Å²) in [6.07, 6.45) is -5.26. The summed E-state index contributed by atoms with van der Waals surface area (Å²) in [4.78, 5) is 10.4. The lowest BCUT2D eigenvalue weighted by Gasteiger charge is -2.10. The van der Waals surface area contributed by atoms with Crippen molar-refractivity contribution in [3.63, 3.8) is 0 Å². The molecular formula is C11H14F3N3O2. The quantitative estimate of drug-likeness (QED) is 0.475. The second-order valence-electron chi connectivity index (χ2n) is 3.85. The molecule has 0 amide bonds. The fraction of sp³-hybridized carbons (Fsp3) is 0.455. The lowest BCUT2D eigenvalue weighted by Crippen LogP contribution is -2.11. The smallest absolute Gasteiger partial charge is 0.382 e. The molecular weight excluding hydrogens is 263 g/mol. The van der Waals surface area contributed by atoms with Gasteiger partial charge in [0.25, 0.3) is 0 Å². The Kier molecular flexibility index (Phi) is 4.96. The van der Waals surface area contributed by atoms with E-state index in [0.717, 1.165) is 0 Å². The number of hydrogen-bond acceptors (Lipinski definition) is 4. The van der Waals surface area contributed by atoms with Crippen LogP contribution >= 0.6 is 0 Å². The molecule has 0 aliphatic heterocycles. The van der Waals surface area contributed by atoms with Gasteiger partial charge in [0.2, 0.25) is 0 Å². The van der Waals surface area contributed by atoms with E-state index in [1.165, 1.54) is 19.2 Å². The second kappa shape index (κ2) is 6.26. The van der Waals surface area contributed by atoms with Gasteiger partial charge in [-0.15, -0.1) is 0 Å². The van der Waals surface area contributed by atoms with Crippen molar-refractivity contribution in [2.75, 3.05) is 24.2 Å². The van der Waals surface area contributed by atoms with Crippen molar-refractivity contribution in [2.24, 2.45) is 0 Å². The van der Waals surface area contributed by atoms with Crippen LogP contribution in [0.1, 0.15) is 12.8 Å². The number of alkyl halides is 3. The van der Waals surface area contributed by atoms with Gasteiger partial charge in [-0.2, -0.15) is 13.2 Å². The van der Waals surface area contributed by atoms with Gasteiger partial charge in [-0.25, -0.2) is 0 Å². The van der Waals surface area contributed by atoms with Gasteiger partial charge in [0.05, 0.1) is 4.92 Å². The summed E-state index contributed by atoms with van der Waals surface area (Å²) in [5, 5.41) is 16.3. The predicted octanol–water partition coefficient (Wildman–Crippen LogP) is 3.39. The summed E-state index contributed by atoms with van der Waals surface area (Å²) < 4.78 is 35.9. The standard InChI is InChI=1S/C11H14F3N3O2/c1-15-8-4-2-5-9(10(8)17(18)19)16-7-3-6-11(12,13)14/h2,4-5,15-16H,3,6-7H2,1H3. The maximum Gasteiger partial charge on any atom is 0.389 e. The van der Waals surface area contributed by atoms with Crippen LogP contribution in [0.2, 0.25) is 0 Å². The molecule has 0 atom stereocenters. The minimum Gasteiger partial charge on any atom is -0.382 e. The molecule has 0 aliphatic carbocycles. The Morgan fingerprint density at radius 3 is 2.47 bits per heavy atom. The maximum absolute atomic E-state index is 12.0. The largest absolute Gasteiger partial charge is 0.389 e. The van der Waals surface area contributed by atoms with Gasteiger partial charge < -0.3 is 10.6 Å². The van der Waals surface area contributed by atoms with Crippen molar-refractivity contribution in [3.05, 3.63) is 28.3 Å². The summed E-state index contributed by atoms with van der Waals surface area (Å²) in [6.45, 7) is 0.0213. The molecule has 0 saturated carbocycles. The van der Waals surface area contributed by atoms with E-state index in [1.54, 1.807) is 6.07 Å². The fourth-order valence-corrected chi connectivity index (χ4v) is 1.60. The Bertz CT molecular complexity index is 449. The summed E-state index contributed by atoms with van der Waals surface area (Å²) in [5.74, 6) is 0. The molecule has 5 nitrogen and oxygen atoms in total. The highest BCUT2D eigenvalue weighted by atomic mass is 19.4. The van der Waals surface area contributed by atoms with Crippen LogP contribution in [0.25, 0.3) is 0 Å². The molecule has 0 radical (unpaired) electrons. The lowest BCUT2D eigenvalue weighted by atomic mass is 10.2. The minimum absolute atomic E-state index is 0.0213. The molecule has 0 spiro atoms. The van der Waals surface area contributed by atoms with E-state index in [9.17, 15) is 23.3 Å². The van der Waals surface area contributed by atoms with E-state index in [4.69, 9.17) is 0 Å². The Labute approximate surface area is 108 Å². The number of rotatable bonds is 6. The van der Waals surface area contributed by atoms with Crippen LogP contribution in [0, 0.1) is 10.1 Å². The third kappa shape index (κ3) is 4.65. The van der Waals surface area contributed by atoms with E-state index in [-0.39, 0.29) is 24.3 Å². The van der Waals surface area contributed by atoms with Crippen molar-refractivity contribution in [1.29, 1.82) is 0 Å². The molecule has 8 heteroatoms. The van der Waals surface area contributed by atoms with Gasteiger partial charge in [0.1, 0.15) is 11.4 Å². The molecule has 0 unspecified atom stereocenters. The molecule has 19 heavy (non-hydrogen) atoms. The minimum atomic E-state index is -4.21. The zero-order chi connectivity index (χ0) is 14.5. The molecule has 0 bridgehead atoms. The molecule has 1 aromatic rings. The molecule has 0 heterocycles. The van der Waals surface area contributed by atoms with E-state index in [1.807, 2.05) is 0 Å². The van der Waals surface area contributed by atoms with Gasteiger partial charge in [0, 0.05) is 20.0 Å². The highest BCUT2D eigenvalue weighted by molar-refractivity contribution is 5.75. The Balaban J connectivity index is 2.70. The van der Waals surface area contributed by atoms with Crippen molar-refractivity contribution in [1.82, 2.24) is 0 Å². The highest BCUT2D eigenvalue weighted by Gasteiger charge is 2.26. The number of nitro groups is 1. The van der Waals surface area contributed by atoms with Crippen molar-refractivity contribution in [3.8, 4) is 0 Å². The third-order valence-electron chi connectivity index (χ3n) is 2.44. The van der Waals surface area contributed by atoms with Crippen LogP contribution in [0.15, 0.2) is 18.2 Å². The first-order valence-electron chi connectivity index (χ1n) is 5.61. The van der Waals surface area contributed by atoms with Crippen LogP contribution in [0.5, 0.6) is 0 Å². The molecule has 0 fully saturated rings. The van der Waals surface area contributed by atoms with E-state index in [2.05, 4.69) is 10.6 Å². The average molecular weight is 277 g/mol. The molecule has 106 valence electrons. The molecule has 0 saturated heterocycles. The van der Waals surface area contributed by atoms with Gasteiger partial charge in [0.15, 0.2) is 0 Å². The Morgan fingerprint density at radius 2 is 1.95 bits per heavy atom. The fourth-order valence-electron chi connectivity index (χ4n) is 1.60. The molecule has 0 aliphatic rings. The van der Waals surface area contributed by atoms with Crippen molar-refractivity contribution < 1.29 is 18.1 Å². The summed E-state index contributed by atoms with van der Waals surface area (Å²) >= 11 is 0. The molecule has 1 rings (SSSR count). The van der Waals surface area contributed by atoms with Crippen LogP contribution in [-0.4, -0.2) is 24.7 Å². The second-order valence-corrected chi connectivity index (χ2v) is 3.85. The first-order valence-corrected chi connectivity index (χ1v) is 5.61. The number of hydrogen-bond donors (Lipinski definition) is 2. The predicted molar refractivity (Wildman–Crippen MR) is 66.4 cm³/mol. The number of halogens is 3. The van der Waals surface area contributed by atoms with Gasteiger partial charge in [-0.1, -0.05) is 6.07 Å². The van der Waals surface area contributed by atoms with E-state index in [0.29, 0.717) is 5.69 Å². The SMILES string of the molecule is CNc1cccc(NCCCC(F)(F)F)c1[N+](=O)[O-]. The van der Waals surface area contributed by atoms with E-state index >= 15 is 0 Å². The summed E-state index contributed by atoms with van der Waals surface area (Å²) in [6, 6.07) is 4.58. The van der Waals surface area contributed by atoms with Gasteiger partial charge >= 0.3 is 11.9 Å². The third-order valence-corrected chi connectivity index (χ3v) is 2.44. The number of benzene rings is 1. The summed E-state index contributed by atoms with van der Waals surface area (Å²) in [7, 11) is 1.54. The first-order chi connectivity index (χ1) is 8.85. The summed E-state index contributed by atoms with van der Waals surface area (Å²) in [5.41, 5.74) is 0.349. The number of para-hydroxylation sites is 1. The monoisotopic (exact) mass is 277 g/mol. The Hall–Kier alpha value is -1.99. The number of nitrogens with zero attached hydrogens (tertiary/aromatic N) is 1. The average Bonchev–Trinajstić information content (AvgIpc) is 2.32. The zero-order valence-corrected chi connectivity index (χ0v) is 10.3. The van der Waals surface area contributed by atoms with Crippen molar-refractivity contribution in [2.45, 2.75) is 19.0 Å². The van der Waals surface area contributed by atoms with Gasteiger partial charge in [-0.3, -0.25) is 10.1 Å². The van der Waals surface area contributed by atoms with Crippen LogP contribution < -0.4 is 10.6 Å². The maximum atomic E-state index is 12.0. The molecule has 2 N–H and O–H groups in total. The lowest BCUT2D eigenvalue weighted by molar-refractivity contribution is -0.383. The molecule has 1 aromatic carbocycles.